The molecule has 1 heterocycles. The number of hydrogen-bond donors (Lipinski definition) is 1. The average molecular weight is 267 g/mol. The first kappa shape index (κ1) is 13.6. The predicted molar refractivity (Wildman–Crippen MR) is 75.9 cm³/mol. The van der Waals surface area contributed by atoms with E-state index >= 15 is 0 Å². The summed E-state index contributed by atoms with van der Waals surface area (Å²) in [6.45, 7) is 0.717. The van der Waals surface area contributed by atoms with E-state index in [4.69, 9.17) is 15.2 Å². The van der Waals surface area contributed by atoms with E-state index in [0.29, 0.717) is 5.92 Å². The van der Waals surface area contributed by atoms with Crippen molar-refractivity contribution in [3.05, 3.63) is 17.7 Å². The highest BCUT2D eigenvalue weighted by Crippen LogP contribution is 2.46. The first-order chi connectivity index (χ1) is 8.81. The Bertz CT molecular complexity index is 409. The molecule has 0 aliphatic carbocycles. The van der Waals surface area contributed by atoms with Gasteiger partial charge in [0.1, 0.15) is 11.5 Å². The highest BCUT2D eigenvalue weighted by atomic mass is 32.2. The third-order valence-electron chi connectivity index (χ3n) is 3.43. The minimum Gasteiger partial charge on any atom is -0.496 e. The van der Waals surface area contributed by atoms with E-state index in [1.165, 1.54) is 23.3 Å². The molecule has 0 fully saturated rings. The van der Waals surface area contributed by atoms with E-state index in [1.54, 1.807) is 14.2 Å². The van der Waals surface area contributed by atoms with Crippen molar-refractivity contribution in [1.29, 1.82) is 0 Å². The maximum absolute atomic E-state index is 5.75. The molecule has 3 nitrogen and oxygen atoms in total. The highest BCUT2D eigenvalue weighted by Gasteiger charge is 2.25. The van der Waals surface area contributed by atoms with E-state index in [0.717, 1.165) is 30.2 Å². The standard InChI is InChI=1S/C14H21NO2S/c1-16-11-5-6-12(17-2)14-13(11)10(7-8-15)4-3-9-18-14/h5-6,10H,3-4,7-9,15H2,1-2H3. The van der Waals surface area contributed by atoms with Gasteiger partial charge in [-0.3, -0.25) is 0 Å². The van der Waals surface area contributed by atoms with E-state index in [9.17, 15) is 0 Å². The van der Waals surface area contributed by atoms with Gasteiger partial charge in [-0.15, -0.1) is 11.8 Å². The van der Waals surface area contributed by atoms with Gasteiger partial charge in [0.25, 0.3) is 0 Å². The molecule has 1 atom stereocenters. The van der Waals surface area contributed by atoms with E-state index < -0.39 is 0 Å². The summed E-state index contributed by atoms with van der Waals surface area (Å²) in [5, 5.41) is 0. The number of nitrogens with two attached hydrogens (primary N) is 1. The number of methoxy groups -OCH3 is 2. The molecule has 2 rings (SSSR count). The zero-order chi connectivity index (χ0) is 13.0. The largest absolute Gasteiger partial charge is 0.496 e. The van der Waals surface area contributed by atoms with Crippen LogP contribution in [0.5, 0.6) is 11.5 Å². The number of ether oxygens (including phenoxy) is 2. The Balaban J connectivity index is 2.51. The summed E-state index contributed by atoms with van der Waals surface area (Å²) in [7, 11) is 3.46. The van der Waals surface area contributed by atoms with Crippen LogP contribution < -0.4 is 15.2 Å². The number of benzene rings is 1. The zero-order valence-corrected chi connectivity index (χ0v) is 11.9. The van der Waals surface area contributed by atoms with Gasteiger partial charge >= 0.3 is 0 Å². The Hall–Kier alpha value is -0.870. The maximum atomic E-state index is 5.75. The second-order valence-corrected chi connectivity index (χ2v) is 5.58. The molecule has 1 aromatic rings. The molecule has 100 valence electrons. The molecule has 1 aliphatic rings. The molecule has 1 aliphatic heterocycles. The van der Waals surface area contributed by atoms with Crippen molar-refractivity contribution in [2.24, 2.45) is 5.73 Å². The van der Waals surface area contributed by atoms with Gasteiger partial charge in [0.05, 0.1) is 19.1 Å². The monoisotopic (exact) mass is 267 g/mol. The van der Waals surface area contributed by atoms with Crippen LogP contribution in [-0.4, -0.2) is 26.5 Å². The third-order valence-corrected chi connectivity index (χ3v) is 4.63. The molecule has 1 aromatic carbocycles. The SMILES string of the molecule is COc1ccc(OC)c2c1SCCCC2CCN. The Morgan fingerprint density at radius 1 is 1.28 bits per heavy atom. The lowest BCUT2D eigenvalue weighted by molar-refractivity contribution is 0.383. The van der Waals surface area contributed by atoms with Crippen LogP contribution in [0.4, 0.5) is 0 Å². The fourth-order valence-electron chi connectivity index (χ4n) is 2.57. The van der Waals surface area contributed by atoms with Crippen LogP contribution in [0, 0.1) is 0 Å². The number of rotatable bonds is 4. The molecule has 18 heavy (non-hydrogen) atoms. The van der Waals surface area contributed by atoms with Crippen LogP contribution in [0.2, 0.25) is 0 Å². The summed E-state index contributed by atoms with van der Waals surface area (Å²) in [6, 6.07) is 4.00. The molecule has 2 N–H and O–H groups in total. The summed E-state index contributed by atoms with van der Waals surface area (Å²) in [5.74, 6) is 3.56. The molecule has 0 saturated carbocycles. The molecule has 0 saturated heterocycles. The van der Waals surface area contributed by atoms with E-state index in [-0.39, 0.29) is 0 Å². The molecule has 0 spiro atoms. The lowest BCUT2D eigenvalue weighted by atomic mass is 9.90. The smallest absolute Gasteiger partial charge is 0.132 e. The molecule has 0 amide bonds. The average Bonchev–Trinajstić information content (AvgIpc) is 2.61. The molecule has 0 radical (unpaired) electrons. The van der Waals surface area contributed by atoms with E-state index in [1.807, 2.05) is 23.9 Å². The van der Waals surface area contributed by atoms with Gasteiger partial charge < -0.3 is 15.2 Å². The van der Waals surface area contributed by atoms with Gasteiger partial charge in [-0.2, -0.15) is 0 Å². The second kappa shape index (κ2) is 6.34. The minimum atomic E-state index is 0.491. The number of hydrogen-bond acceptors (Lipinski definition) is 4. The number of thioether (sulfide) groups is 1. The quantitative estimate of drug-likeness (QED) is 0.910. The van der Waals surface area contributed by atoms with Gasteiger partial charge in [0.2, 0.25) is 0 Å². The van der Waals surface area contributed by atoms with Crippen molar-refractivity contribution in [3.8, 4) is 11.5 Å². The fraction of sp³-hybridized carbons (Fsp3) is 0.571. The summed E-state index contributed by atoms with van der Waals surface area (Å²) < 4.78 is 11.0. The van der Waals surface area contributed by atoms with Gasteiger partial charge in [-0.05, 0) is 49.6 Å². The normalized spacial score (nSPS) is 18.9. The Kier molecular flexibility index (Phi) is 4.78. The van der Waals surface area contributed by atoms with Crippen LogP contribution in [0.3, 0.4) is 0 Å². The van der Waals surface area contributed by atoms with Crippen LogP contribution in [0.15, 0.2) is 17.0 Å². The van der Waals surface area contributed by atoms with Gasteiger partial charge in [0, 0.05) is 5.56 Å². The maximum Gasteiger partial charge on any atom is 0.132 e. The highest BCUT2D eigenvalue weighted by molar-refractivity contribution is 7.99. The summed E-state index contributed by atoms with van der Waals surface area (Å²) in [4.78, 5) is 1.24. The topological polar surface area (TPSA) is 44.5 Å². The van der Waals surface area contributed by atoms with Gasteiger partial charge in [0.15, 0.2) is 0 Å². The number of fused-ring (bicyclic) bond motifs is 1. The molecule has 0 aromatic heterocycles. The van der Waals surface area contributed by atoms with Crippen molar-refractivity contribution in [2.75, 3.05) is 26.5 Å². The van der Waals surface area contributed by atoms with E-state index in [2.05, 4.69) is 0 Å². The lowest BCUT2D eigenvalue weighted by Gasteiger charge is -2.21. The molecule has 1 unspecified atom stereocenters. The van der Waals surface area contributed by atoms with Gasteiger partial charge in [-0.1, -0.05) is 0 Å². The van der Waals surface area contributed by atoms with Crippen LogP contribution in [0.25, 0.3) is 0 Å². The summed E-state index contributed by atoms with van der Waals surface area (Å²) in [5.41, 5.74) is 7.05. The zero-order valence-electron chi connectivity index (χ0n) is 11.1. The third kappa shape index (κ3) is 2.59. The van der Waals surface area contributed by atoms with Crippen molar-refractivity contribution < 1.29 is 9.47 Å². The minimum absolute atomic E-state index is 0.491. The second-order valence-electron chi connectivity index (χ2n) is 4.48. The molecular formula is C14H21NO2S. The van der Waals surface area contributed by atoms with Crippen molar-refractivity contribution >= 4 is 11.8 Å². The van der Waals surface area contributed by atoms with Crippen LogP contribution in [-0.2, 0) is 0 Å². The van der Waals surface area contributed by atoms with Crippen molar-refractivity contribution in [1.82, 2.24) is 0 Å². The lowest BCUT2D eigenvalue weighted by Crippen LogP contribution is -2.09. The first-order valence-electron chi connectivity index (χ1n) is 6.39. The van der Waals surface area contributed by atoms with Crippen molar-refractivity contribution in [2.45, 2.75) is 30.1 Å². The predicted octanol–water partition coefficient (Wildman–Crippen LogP) is 3.02. The Labute approximate surface area is 113 Å². The Morgan fingerprint density at radius 2 is 2.00 bits per heavy atom. The summed E-state index contributed by atoms with van der Waals surface area (Å²) in [6.07, 6.45) is 3.41. The Morgan fingerprint density at radius 3 is 2.67 bits per heavy atom. The molecule has 4 heteroatoms. The fourth-order valence-corrected chi connectivity index (χ4v) is 3.81. The van der Waals surface area contributed by atoms with Crippen LogP contribution in [0.1, 0.15) is 30.7 Å². The van der Waals surface area contributed by atoms with Gasteiger partial charge in [-0.25, -0.2) is 0 Å². The first-order valence-corrected chi connectivity index (χ1v) is 7.38. The molecule has 0 bridgehead atoms. The summed E-state index contributed by atoms with van der Waals surface area (Å²) >= 11 is 1.87. The van der Waals surface area contributed by atoms with Crippen LogP contribution >= 0.6 is 11.8 Å². The molecular weight excluding hydrogens is 246 g/mol. The van der Waals surface area contributed by atoms with Crippen molar-refractivity contribution in [3.63, 3.8) is 0 Å².